The molecule has 0 aromatic heterocycles. The number of hydrogen-bond donors (Lipinski definition) is 3. The molecule has 0 aromatic rings. The topological polar surface area (TPSA) is 179 Å². The average molecular weight is 593 g/mol. The number of rotatable bonds is 19. The van der Waals surface area contributed by atoms with Crippen LogP contribution in [0.4, 0.5) is 0 Å². The zero-order valence-corrected chi connectivity index (χ0v) is 23.7. The number of Topliss-reactive ketones (excluding diaryl/α,β-unsaturated/α-hetero) is 1. The molecular weight excluding hydrogens is 552 g/mol. The fourth-order valence-corrected chi connectivity index (χ4v) is 5.72. The van der Waals surface area contributed by atoms with Crippen molar-refractivity contribution in [1.82, 2.24) is 10.2 Å². The number of nitrogens with one attached hydrogen (secondary N) is 1. The van der Waals surface area contributed by atoms with Gasteiger partial charge in [0.25, 0.3) is 0 Å². The number of amides is 3. The minimum Gasteiger partial charge on any atom is -0.388 e. The Morgan fingerprint density at radius 1 is 1.02 bits per heavy atom. The van der Waals surface area contributed by atoms with Crippen LogP contribution in [0.25, 0.3) is 0 Å². The minimum absolute atomic E-state index is 0.0142. The van der Waals surface area contributed by atoms with Crippen LogP contribution >= 0.6 is 11.8 Å². The molecule has 228 valence electrons. The van der Waals surface area contributed by atoms with E-state index in [1.807, 2.05) is 0 Å². The third-order valence-corrected chi connectivity index (χ3v) is 7.84. The van der Waals surface area contributed by atoms with Crippen molar-refractivity contribution in [2.75, 3.05) is 71.8 Å². The molecular formula is C25H40N2O12S. The van der Waals surface area contributed by atoms with Gasteiger partial charge in [-0.15, -0.1) is 11.8 Å². The molecule has 3 N–H and O–H groups in total. The van der Waals surface area contributed by atoms with Crippen molar-refractivity contribution >= 4 is 35.3 Å². The maximum atomic E-state index is 12.4. The molecule has 40 heavy (non-hydrogen) atoms. The van der Waals surface area contributed by atoms with Gasteiger partial charge in [0.05, 0.1) is 71.3 Å². The molecule has 14 nitrogen and oxygen atoms in total. The highest BCUT2D eigenvalue weighted by Crippen LogP contribution is 2.37. The maximum Gasteiger partial charge on any atom is 0.242 e. The van der Waals surface area contributed by atoms with Crippen molar-refractivity contribution in [3.05, 3.63) is 0 Å². The molecule has 3 fully saturated rings. The van der Waals surface area contributed by atoms with E-state index in [2.05, 4.69) is 5.32 Å². The van der Waals surface area contributed by atoms with Crippen molar-refractivity contribution in [2.45, 2.75) is 62.1 Å². The molecule has 0 saturated carbocycles. The minimum atomic E-state index is -1.30. The first-order chi connectivity index (χ1) is 19.1. The van der Waals surface area contributed by atoms with Gasteiger partial charge in [-0.2, -0.15) is 0 Å². The highest BCUT2D eigenvalue weighted by Gasteiger charge is 2.59. The molecule has 3 saturated heterocycles. The zero-order chi connectivity index (χ0) is 29.1. The quantitative estimate of drug-likeness (QED) is 0.114. The maximum absolute atomic E-state index is 12.4. The van der Waals surface area contributed by atoms with Gasteiger partial charge in [-0.25, -0.2) is 0 Å². The van der Waals surface area contributed by atoms with Gasteiger partial charge in [0.1, 0.15) is 29.6 Å². The molecule has 0 spiro atoms. The third-order valence-electron chi connectivity index (χ3n) is 6.63. The predicted octanol–water partition coefficient (Wildman–Crippen LogP) is -1.76. The highest BCUT2D eigenvalue weighted by molar-refractivity contribution is 8.00. The second-order valence-corrected chi connectivity index (χ2v) is 11.1. The Kier molecular flexibility index (Phi) is 13.2. The van der Waals surface area contributed by atoms with Crippen molar-refractivity contribution in [3.63, 3.8) is 0 Å². The van der Waals surface area contributed by atoms with E-state index in [1.165, 1.54) is 30.5 Å². The molecule has 3 amide bonds. The summed E-state index contributed by atoms with van der Waals surface area (Å²) in [5, 5.41) is 23.0. The summed E-state index contributed by atoms with van der Waals surface area (Å²) >= 11 is 1.34. The largest absolute Gasteiger partial charge is 0.388 e. The van der Waals surface area contributed by atoms with Gasteiger partial charge in [-0.3, -0.25) is 24.1 Å². The van der Waals surface area contributed by atoms with Crippen LogP contribution in [0.5, 0.6) is 0 Å². The second kappa shape index (κ2) is 16.1. The number of nitrogens with zero attached hydrogens (tertiary/aromatic N) is 1. The van der Waals surface area contributed by atoms with Crippen LogP contribution < -0.4 is 5.32 Å². The summed E-state index contributed by atoms with van der Waals surface area (Å²) in [6.07, 6.45) is -2.87. The van der Waals surface area contributed by atoms with E-state index >= 15 is 0 Å². The number of likely N-dealkylation sites (tertiary alicyclic amines) is 1. The molecule has 0 radical (unpaired) electrons. The number of ether oxygens (including phenoxy) is 6. The van der Waals surface area contributed by atoms with Crippen molar-refractivity contribution in [1.29, 1.82) is 0 Å². The lowest BCUT2D eigenvalue weighted by molar-refractivity contribution is -0.238. The smallest absolute Gasteiger partial charge is 0.242 e. The summed E-state index contributed by atoms with van der Waals surface area (Å²) in [5.74, 6) is -0.226. The second-order valence-electron chi connectivity index (χ2n) is 9.81. The van der Waals surface area contributed by atoms with E-state index in [1.54, 1.807) is 0 Å². The molecule has 15 heteroatoms. The van der Waals surface area contributed by atoms with Crippen LogP contribution in [0, 0.1) is 0 Å². The summed E-state index contributed by atoms with van der Waals surface area (Å²) in [4.78, 5) is 48.0. The summed E-state index contributed by atoms with van der Waals surface area (Å²) in [6.45, 7) is 5.02. The molecule has 3 aliphatic heterocycles. The van der Waals surface area contributed by atoms with E-state index < -0.39 is 35.4 Å². The van der Waals surface area contributed by atoms with Gasteiger partial charge in [0, 0.05) is 25.5 Å². The highest BCUT2D eigenvalue weighted by atomic mass is 32.2. The predicted molar refractivity (Wildman–Crippen MR) is 139 cm³/mol. The number of hydrogen-bond acceptors (Lipinski definition) is 13. The Morgan fingerprint density at radius 3 is 2.27 bits per heavy atom. The number of thioether (sulfide) groups is 1. The van der Waals surface area contributed by atoms with Gasteiger partial charge in [0.15, 0.2) is 6.29 Å². The van der Waals surface area contributed by atoms with Crippen LogP contribution in [0.15, 0.2) is 0 Å². The van der Waals surface area contributed by atoms with Gasteiger partial charge >= 0.3 is 0 Å². The molecule has 0 aliphatic carbocycles. The van der Waals surface area contributed by atoms with Crippen molar-refractivity contribution < 1.29 is 57.8 Å². The molecule has 3 rings (SSSR count). The summed E-state index contributed by atoms with van der Waals surface area (Å²) in [7, 11) is 0. The molecule has 3 heterocycles. The van der Waals surface area contributed by atoms with E-state index in [4.69, 9.17) is 28.4 Å². The first-order valence-electron chi connectivity index (χ1n) is 13.3. The fourth-order valence-electron chi connectivity index (χ4n) is 4.50. The number of aliphatic hydroxyl groups excluding tert-OH is 2. The summed E-state index contributed by atoms with van der Waals surface area (Å²) in [6, 6.07) is -0.864. The lowest BCUT2D eigenvalue weighted by Crippen LogP contribution is -2.66. The van der Waals surface area contributed by atoms with Gasteiger partial charge in [0.2, 0.25) is 17.7 Å². The fraction of sp³-hybridized carbons (Fsp3) is 0.840. The number of fused-ring (bicyclic) bond motifs is 2. The van der Waals surface area contributed by atoms with E-state index in [0.29, 0.717) is 38.6 Å². The standard InChI is InChI=1S/C25H40N2O12S/c1-16(28)3-12-40-18-13-19(30)27(23(18)33)4-5-34-6-7-35-8-9-36-10-11-37-14-25-15-38-24(39-25)20(26-17(2)29)21(31)22(25)32/h18,20-22,24,31-32H,3-15H2,1-2H3,(H,26,29)/t18?,20-,21+,22+,24-,25-/m0/s1. The first kappa shape index (κ1) is 32.8. The lowest BCUT2D eigenvalue weighted by Gasteiger charge is -2.42. The van der Waals surface area contributed by atoms with Gasteiger partial charge < -0.3 is 44.0 Å². The van der Waals surface area contributed by atoms with Crippen LogP contribution in [0.1, 0.15) is 26.7 Å². The zero-order valence-electron chi connectivity index (χ0n) is 22.9. The third kappa shape index (κ3) is 9.16. The number of carbonyl (C=O) groups excluding carboxylic acids is 4. The van der Waals surface area contributed by atoms with Gasteiger partial charge in [-0.05, 0) is 6.92 Å². The van der Waals surface area contributed by atoms with E-state index in [0.717, 1.165) is 0 Å². The lowest BCUT2D eigenvalue weighted by atomic mass is 9.88. The number of ketones is 1. The molecule has 1 unspecified atom stereocenters. The average Bonchev–Trinajstić information content (AvgIpc) is 3.43. The van der Waals surface area contributed by atoms with Crippen molar-refractivity contribution in [3.8, 4) is 0 Å². The Morgan fingerprint density at radius 2 is 1.65 bits per heavy atom. The van der Waals surface area contributed by atoms with E-state index in [-0.39, 0.29) is 69.5 Å². The summed E-state index contributed by atoms with van der Waals surface area (Å²) < 4.78 is 33.2. The number of carbonyl (C=O) groups is 4. The van der Waals surface area contributed by atoms with Gasteiger partial charge in [-0.1, -0.05) is 0 Å². The Labute approximate surface area is 237 Å². The molecule has 6 atom stereocenters. The normalized spacial score (nSPS) is 29.8. The van der Waals surface area contributed by atoms with Crippen LogP contribution in [-0.4, -0.2) is 146 Å². The van der Waals surface area contributed by atoms with Crippen LogP contribution in [0.2, 0.25) is 0 Å². The Hall–Kier alpha value is -1.69. The van der Waals surface area contributed by atoms with Crippen molar-refractivity contribution in [2.24, 2.45) is 0 Å². The molecule has 2 bridgehead atoms. The Balaban J connectivity index is 1.15. The number of aliphatic hydroxyl groups is 2. The first-order valence-corrected chi connectivity index (χ1v) is 14.4. The molecule has 3 aliphatic rings. The van der Waals surface area contributed by atoms with Crippen LogP contribution in [0.3, 0.4) is 0 Å². The SMILES string of the molecule is CC(=O)CCSC1CC(=O)N(CCOCCOCCOCCOC[C@@]23CO[C@@H](O2)[C@@H](NC(C)=O)[C@@H](O)[C@H]3O)C1=O. The van der Waals surface area contributed by atoms with E-state index in [9.17, 15) is 29.4 Å². The molecule has 0 aromatic carbocycles. The monoisotopic (exact) mass is 592 g/mol. The summed E-state index contributed by atoms with van der Waals surface area (Å²) in [5.41, 5.74) is -1.21. The number of imide groups is 1. The van der Waals surface area contributed by atoms with Crippen LogP contribution in [-0.2, 0) is 47.6 Å². The Bertz CT molecular complexity index is 879.